The summed E-state index contributed by atoms with van der Waals surface area (Å²) in [6.45, 7) is 4.49. The van der Waals surface area contributed by atoms with Crippen molar-refractivity contribution in [3.63, 3.8) is 0 Å². The Balaban J connectivity index is 1.19. The minimum Gasteiger partial charge on any atom is -0.491 e. The molecule has 4 N–H and O–H groups in total. The highest BCUT2D eigenvalue weighted by molar-refractivity contribution is 5.78. The van der Waals surface area contributed by atoms with Gasteiger partial charge in [0.25, 0.3) is 0 Å². The van der Waals surface area contributed by atoms with Gasteiger partial charge in [0.2, 0.25) is 11.9 Å². The highest BCUT2D eigenvalue weighted by Gasteiger charge is 2.30. The van der Waals surface area contributed by atoms with E-state index in [0.717, 1.165) is 43.2 Å². The van der Waals surface area contributed by atoms with Crippen molar-refractivity contribution in [2.75, 3.05) is 68.6 Å². The lowest BCUT2D eigenvalue weighted by molar-refractivity contribution is -0.141. The summed E-state index contributed by atoms with van der Waals surface area (Å²) in [5.74, 6) is 1.08. The van der Waals surface area contributed by atoms with Crippen LogP contribution in [0.4, 0.5) is 23.0 Å². The number of hydrogen-bond donors (Lipinski definition) is 3. The van der Waals surface area contributed by atoms with E-state index in [0.29, 0.717) is 37.1 Å². The van der Waals surface area contributed by atoms with Gasteiger partial charge in [0.15, 0.2) is 0 Å². The summed E-state index contributed by atoms with van der Waals surface area (Å²) in [6, 6.07) is 15.6. The first-order valence-electron chi connectivity index (χ1n) is 12.0. The van der Waals surface area contributed by atoms with Gasteiger partial charge >= 0.3 is 0 Å². The van der Waals surface area contributed by atoms with Crippen molar-refractivity contribution < 1.29 is 19.4 Å². The number of benzene rings is 2. The van der Waals surface area contributed by atoms with E-state index in [-0.39, 0.29) is 11.8 Å². The monoisotopic (exact) mass is 490 g/mol. The Hall–Kier alpha value is -3.89. The van der Waals surface area contributed by atoms with Gasteiger partial charge in [0, 0.05) is 55.2 Å². The Bertz CT molecular complexity index is 1190. The van der Waals surface area contributed by atoms with Crippen LogP contribution in [0.25, 0.3) is 11.3 Å². The van der Waals surface area contributed by atoms with E-state index in [1.807, 2.05) is 36.4 Å². The molecule has 36 heavy (non-hydrogen) atoms. The molecule has 0 aliphatic carbocycles. The molecule has 0 atom stereocenters. The minimum atomic E-state index is -0.455. The second-order valence-electron chi connectivity index (χ2n) is 8.92. The summed E-state index contributed by atoms with van der Waals surface area (Å²) >= 11 is 0. The van der Waals surface area contributed by atoms with Gasteiger partial charge in [-0.3, -0.25) is 4.79 Å². The molecule has 1 amide bonds. The fraction of sp³-hybridized carbons (Fsp3) is 0.346. The molecule has 3 aromatic rings. The van der Waals surface area contributed by atoms with Gasteiger partial charge < -0.3 is 35.4 Å². The maximum Gasteiger partial charge on any atom is 0.248 e. The molecule has 3 heterocycles. The van der Waals surface area contributed by atoms with Gasteiger partial charge in [0.05, 0.1) is 31.2 Å². The highest BCUT2D eigenvalue weighted by atomic mass is 16.5. The van der Waals surface area contributed by atoms with Crippen molar-refractivity contribution >= 4 is 28.9 Å². The standard InChI is InChI=1S/C26H30N6O4/c27-22-13-19(1-6-24(22)36-17-18-14-32(15-18)25(34)16-33)23-7-8-28-26(30-23)29-20-2-4-21(5-3-20)31-9-11-35-12-10-31/h1-8,13,18,33H,9-12,14-17,27H2,(H,28,29,30). The van der Waals surface area contributed by atoms with Crippen LogP contribution in [-0.2, 0) is 9.53 Å². The lowest BCUT2D eigenvalue weighted by Crippen LogP contribution is -2.52. The van der Waals surface area contributed by atoms with Gasteiger partial charge in [-0.15, -0.1) is 0 Å². The molecule has 5 rings (SSSR count). The van der Waals surface area contributed by atoms with Crippen molar-refractivity contribution in [1.29, 1.82) is 0 Å². The number of carbonyl (C=O) groups excluding carboxylic acids is 1. The van der Waals surface area contributed by atoms with Crippen LogP contribution in [0.5, 0.6) is 5.75 Å². The topological polar surface area (TPSA) is 126 Å². The third-order valence-electron chi connectivity index (χ3n) is 6.38. The molecular weight excluding hydrogens is 460 g/mol. The van der Waals surface area contributed by atoms with Gasteiger partial charge in [-0.1, -0.05) is 0 Å². The van der Waals surface area contributed by atoms with Crippen LogP contribution in [0.2, 0.25) is 0 Å². The zero-order valence-corrected chi connectivity index (χ0v) is 20.0. The molecular formula is C26H30N6O4. The molecule has 0 unspecified atom stereocenters. The Labute approximate surface area is 209 Å². The van der Waals surface area contributed by atoms with Gasteiger partial charge in [-0.25, -0.2) is 9.97 Å². The zero-order chi connectivity index (χ0) is 24.9. The van der Waals surface area contributed by atoms with Crippen LogP contribution < -0.4 is 20.7 Å². The smallest absolute Gasteiger partial charge is 0.248 e. The first kappa shape index (κ1) is 23.8. The lowest BCUT2D eigenvalue weighted by Gasteiger charge is -2.38. The minimum absolute atomic E-state index is 0.234. The van der Waals surface area contributed by atoms with E-state index in [1.54, 1.807) is 11.1 Å². The van der Waals surface area contributed by atoms with Crippen molar-refractivity contribution in [1.82, 2.24) is 14.9 Å². The fourth-order valence-corrected chi connectivity index (χ4v) is 4.31. The number of nitrogen functional groups attached to an aromatic ring is 1. The van der Waals surface area contributed by atoms with Crippen LogP contribution in [0.15, 0.2) is 54.7 Å². The molecule has 0 radical (unpaired) electrons. The Morgan fingerprint density at radius 1 is 1.14 bits per heavy atom. The number of rotatable bonds is 8. The van der Waals surface area contributed by atoms with Gasteiger partial charge in [0.1, 0.15) is 12.4 Å². The van der Waals surface area contributed by atoms with Gasteiger partial charge in [-0.2, -0.15) is 0 Å². The van der Waals surface area contributed by atoms with Gasteiger partial charge in [-0.05, 0) is 48.5 Å². The average Bonchev–Trinajstić information content (AvgIpc) is 2.89. The zero-order valence-electron chi connectivity index (χ0n) is 20.0. The summed E-state index contributed by atoms with van der Waals surface area (Å²) in [5, 5.41) is 12.2. The van der Waals surface area contributed by atoms with E-state index >= 15 is 0 Å². The number of nitrogens with one attached hydrogen (secondary N) is 1. The van der Waals surface area contributed by atoms with Crippen molar-refractivity contribution in [2.24, 2.45) is 5.92 Å². The van der Waals surface area contributed by atoms with E-state index in [2.05, 4.69) is 32.3 Å². The summed E-state index contributed by atoms with van der Waals surface area (Å²) in [4.78, 5) is 24.4. The molecule has 1 aromatic heterocycles. The maximum atomic E-state index is 11.4. The number of amides is 1. The number of nitrogens with zero attached hydrogens (tertiary/aromatic N) is 4. The number of aromatic nitrogens is 2. The van der Waals surface area contributed by atoms with Crippen LogP contribution in [0.3, 0.4) is 0 Å². The summed E-state index contributed by atoms with van der Waals surface area (Å²) in [6.07, 6.45) is 1.71. The first-order valence-corrected chi connectivity index (χ1v) is 12.0. The van der Waals surface area contributed by atoms with Crippen molar-refractivity contribution in [3.8, 4) is 17.0 Å². The van der Waals surface area contributed by atoms with E-state index in [9.17, 15) is 4.79 Å². The lowest BCUT2D eigenvalue weighted by atomic mass is 10.0. The molecule has 0 bridgehead atoms. The molecule has 0 saturated carbocycles. The van der Waals surface area contributed by atoms with Crippen LogP contribution in [0.1, 0.15) is 0 Å². The number of carbonyl (C=O) groups is 1. The number of aliphatic hydroxyl groups is 1. The van der Waals surface area contributed by atoms with E-state index in [1.165, 1.54) is 5.69 Å². The molecule has 2 aliphatic heterocycles. The number of aliphatic hydroxyl groups excluding tert-OH is 1. The van der Waals surface area contributed by atoms with Crippen molar-refractivity contribution in [3.05, 3.63) is 54.7 Å². The second kappa shape index (κ2) is 10.8. The normalized spacial score (nSPS) is 15.9. The second-order valence-corrected chi connectivity index (χ2v) is 8.92. The maximum absolute atomic E-state index is 11.4. The number of nitrogens with two attached hydrogens (primary N) is 1. The Kier molecular flexibility index (Phi) is 7.15. The van der Waals surface area contributed by atoms with Crippen LogP contribution in [0, 0.1) is 5.92 Å². The predicted octanol–water partition coefficient (Wildman–Crippen LogP) is 2.14. The molecule has 10 nitrogen and oxygen atoms in total. The average molecular weight is 491 g/mol. The molecule has 188 valence electrons. The van der Waals surface area contributed by atoms with Crippen molar-refractivity contribution in [2.45, 2.75) is 0 Å². The Morgan fingerprint density at radius 3 is 2.64 bits per heavy atom. The first-order chi connectivity index (χ1) is 17.6. The van der Waals surface area contributed by atoms with Crippen LogP contribution in [-0.4, -0.2) is 78.5 Å². The predicted molar refractivity (Wildman–Crippen MR) is 137 cm³/mol. The van der Waals surface area contributed by atoms with Crippen LogP contribution >= 0.6 is 0 Å². The molecule has 2 fully saturated rings. The number of ether oxygens (including phenoxy) is 2. The summed E-state index contributed by atoms with van der Waals surface area (Å²) in [7, 11) is 0. The fourth-order valence-electron chi connectivity index (χ4n) is 4.31. The summed E-state index contributed by atoms with van der Waals surface area (Å²) in [5.41, 5.74) is 10.4. The van der Waals surface area contributed by atoms with E-state index < -0.39 is 6.61 Å². The quantitative estimate of drug-likeness (QED) is 0.407. The molecule has 10 heteroatoms. The number of hydrogen-bond acceptors (Lipinski definition) is 9. The highest BCUT2D eigenvalue weighted by Crippen LogP contribution is 2.29. The molecule has 2 aliphatic rings. The Morgan fingerprint density at radius 2 is 1.92 bits per heavy atom. The third-order valence-corrected chi connectivity index (χ3v) is 6.38. The number of likely N-dealkylation sites (tertiary alicyclic amines) is 1. The largest absolute Gasteiger partial charge is 0.491 e. The molecule has 2 saturated heterocycles. The third kappa shape index (κ3) is 5.50. The molecule has 2 aromatic carbocycles. The van der Waals surface area contributed by atoms with E-state index in [4.69, 9.17) is 20.3 Å². The number of anilines is 4. The number of morpholine rings is 1. The SMILES string of the molecule is Nc1cc(-c2ccnc(Nc3ccc(N4CCOCC4)cc3)n2)ccc1OCC1CN(C(=O)CO)C1. The summed E-state index contributed by atoms with van der Waals surface area (Å²) < 4.78 is 11.3. The molecule has 0 spiro atoms.